The third-order valence-corrected chi connectivity index (χ3v) is 2.52. The molecule has 0 aliphatic heterocycles. The van der Waals surface area contributed by atoms with E-state index in [1.807, 2.05) is 12.1 Å². The summed E-state index contributed by atoms with van der Waals surface area (Å²) in [5.74, 6) is 0.578. The molecule has 0 fully saturated rings. The monoisotopic (exact) mass is 262 g/mol. The Kier molecular flexibility index (Phi) is 2.84. The van der Waals surface area contributed by atoms with Gasteiger partial charge in [-0.05, 0) is 24.3 Å². The fourth-order valence-electron chi connectivity index (χ4n) is 1.19. The summed E-state index contributed by atoms with van der Waals surface area (Å²) in [4.78, 5) is 4.26. The zero-order valence-electron chi connectivity index (χ0n) is 7.77. The molecule has 0 saturated carbocycles. The van der Waals surface area contributed by atoms with Gasteiger partial charge in [0.15, 0.2) is 0 Å². The van der Waals surface area contributed by atoms with Crippen LogP contribution in [0.5, 0.6) is 0 Å². The number of hydrogen-bond donors (Lipinski definition) is 0. The van der Waals surface area contributed by atoms with Crippen molar-refractivity contribution in [2.45, 2.75) is 5.33 Å². The van der Waals surface area contributed by atoms with Crippen molar-refractivity contribution in [3.63, 3.8) is 0 Å². The molecule has 0 aliphatic carbocycles. The molecular formula is C11H7BrN2O. The largest absolute Gasteiger partial charge is 0.444 e. The minimum absolute atomic E-state index is 0.578. The molecule has 0 atom stereocenters. The number of hydrogen-bond acceptors (Lipinski definition) is 3. The Hall–Kier alpha value is -1.60. The second kappa shape index (κ2) is 4.28. The summed E-state index contributed by atoms with van der Waals surface area (Å²) in [6.07, 6.45) is 1.61. The lowest BCUT2D eigenvalue weighted by molar-refractivity contribution is 0.573. The Morgan fingerprint density at radius 3 is 2.60 bits per heavy atom. The number of oxazole rings is 1. The minimum atomic E-state index is 0.578. The third kappa shape index (κ3) is 2.08. The van der Waals surface area contributed by atoms with E-state index in [0.29, 0.717) is 16.8 Å². The van der Waals surface area contributed by atoms with Gasteiger partial charge in [0, 0.05) is 10.9 Å². The highest BCUT2D eigenvalue weighted by Crippen LogP contribution is 2.19. The van der Waals surface area contributed by atoms with Gasteiger partial charge in [-0.1, -0.05) is 15.9 Å². The van der Waals surface area contributed by atoms with Crippen LogP contribution in [0.25, 0.3) is 11.5 Å². The Morgan fingerprint density at radius 1 is 1.33 bits per heavy atom. The van der Waals surface area contributed by atoms with Crippen LogP contribution in [-0.4, -0.2) is 4.98 Å². The van der Waals surface area contributed by atoms with E-state index in [1.54, 1.807) is 18.4 Å². The lowest BCUT2D eigenvalue weighted by atomic mass is 10.1. The van der Waals surface area contributed by atoms with E-state index in [4.69, 9.17) is 9.68 Å². The first-order valence-corrected chi connectivity index (χ1v) is 5.46. The standard InChI is InChI=1S/C11H7BrN2O/c12-5-10-7-15-11(14-10)9-3-1-8(6-13)2-4-9/h1-4,7H,5H2. The molecule has 0 bridgehead atoms. The van der Waals surface area contributed by atoms with Gasteiger partial charge in [0.05, 0.1) is 17.3 Å². The van der Waals surface area contributed by atoms with Crippen LogP contribution in [0.3, 0.4) is 0 Å². The quantitative estimate of drug-likeness (QED) is 0.782. The first-order valence-electron chi connectivity index (χ1n) is 4.34. The summed E-state index contributed by atoms with van der Waals surface area (Å²) in [6, 6.07) is 9.19. The molecule has 74 valence electrons. The number of aromatic nitrogens is 1. The summed E-state index contributed by atoms with van der Waals surface area (Å²) < 4.78 is 5.29. The molecule has 1 heterocycles. The van der Waals surface area contributed by atoms with Gasteiger partial charge in [0.2, 0.25) is 5.89 Å². The van der Waals surface area contributed by atoms with E-state index in [1.165, 1.54) is 0 Å². The van der Waals surface area contributed by atoms with Crippen LogP contribution >= 0.6 is 15.9 Å². The molecule has 0 aliphatic rings. The Balaban J connectivity index is 2.33. The molecule has 0 radical (unpaired) electrons. The predicted octanol–water partition coefficient (Wildman–Crippen LogP) is 3.11. The number of alkyl halides is 1. The average Bonchev–Trinajstić information content (AvgIpc) is 2.78. The molecule has 0 amide bonds. The number of benzene rings is 1. The van der Waals surface area contributed by atoms with Gasteiger partial charge >= 0.3 is 0 Å². The average molecular weight is 263 g/mol. The Labute approximate surface area is 95.5 Å². The molecule has 0 N–H and O–H groups in total. The highest BCUT2D eigenvalue weighted by Gasteiger charge is 2.05. The van der Waals surface area contributed by atoms with Crippen LogP contribution in [0, 0.1) is 11.3 Å². The van der Waals surface area contributed by atoms with Crippen molar-refractivity contribution in [2.24, 2.45) is 0 Å². The van der Waals surface area contributed by atoms with E-state index in [2.05, 4.69) is 27.0 Å². The van der Waals surface area contributed by atoms with Gasteiger partial charge in [-0.25, -0.2) is 4.98 Å². The normalized spacial score (nSPS) is 9.87. The molecule has 1 aromatic carbocycles. The van der Waals surface area contributed by atoms with Gasteiger partial charge in [-0.15, -0.1) is 0 Å². The molecule has 2 rings (SSSR count). The predicted molar refractivity (Wildman–Crippen MR) is 59.3 cm³/mol. The lowest BCUT2D eigenvalue weighted by Gasteiger charge is -1.94. The van der Waals surface area contributed by atoms with Crippen molar-refractivity contribution in [3.8, 4) is 17.5 Å². The second-order valence-electron chi connectivity index (χ2n) is 2.97. The van der Waals surface area contributed by atoms with E-state index >= 15 is 0 Å². The van der Waals surface area contributed by atoms with E-state index < -0.39 is 0 Å². The van der Waals surface area contributed by atoms with Crippen molar-refractivity contribution < 1.29 is 4.42 Å². The molecular weight excluding hydrogens is 256 g/mol. The molecule has 1 aromatic heterocycles. The molecule has 4 heteroatoms. The van der Waals surface area contributed by atoms with Crippen LogP contribution in [0.4, 0.5) is 0 Å². The number of halogens is 1. The Bertz CT molecular complexity index is 496. The Morgan fingerprint density at radius 2 is 2.07 bits per heavy atom. The highest BCUT2D eigenvalue weighted by atomic mass is 79.9. The van der Waals surface area contributed by atoms with Gasteiger partial charge in [-0.3, -0.25) is 0 Å². The zero-order chi connectivity index (χ0) is 10.7. The fraction of sp³-hybridized carbons (Fsp3) is 0.0909. The third-order valence-electron chi connectivity index (χ3n) is 1.95. The van der Waals surface area contributed by atoms with Crippen LogP contribution in [0.15, 0.2) is 34.9 Å². The van der Waals surface area contributed by atoms with Gasteiger partial charge in [0.1, 0.15) is 6.26 Å². The van der Waals surface area contributed by atoms with Crippen molar-refractivity contribution in [1.29, 1.82) is 5.26 Å². The van der Waals surface area contributed by atoms with Crippen molar-refractivity contribution in [2.75, 3.05) is 0 Å². The SMILES string of the molecule is N#Cc1ccc(-c2nc(CBr)co2)cc1. The number of rotatable bonds is 2. The van der Waals surface area contributed by atoms with Crippen molar-refractivity contribution >= 4 is 15.9 Å². The van der Waals surface area contributed by atoms with E-state index in [0.717, 1.165) is 11.3 Å². The summed E-state index contributed by atoms with van der Waals surface area (Å²) in [7, 11) is 0. The van der Waals surface area contributed by atoms with Gasteiger partial charge < -0.3 is 4.42 Å². The second-order valence-corrected chi connectivity index (χ2v) is 3.53. The zero-order valence-corrected chi connectivity index (χ0v) is 9.36. The topological polar surface area (TPSA) is 49.8 Å². The number of nitrogens with zero attached hydrogens (tertiary/aromatic N) is 2. The van der Waals surface area contributed by atoms with E-state index in [-0.39, 0.29) is 0 Å². The van der Waals surface area contributed by atoms with Gasteiger partial charge in [-0.2, -0.15) is 5.26 Å². The molecule has 0 unspecified atom stereocenters. The van der Waals surface area contributed by atoms with Crippen LogP contribution < -0.4 is 0 Å². The highest BCUT2D eigenvalue weighted by molar-refractivity contribution is 9.08. The first-order chi connectivity index (χ1) is 7.33. The molecule has 15 heavy (non-hydrogen) atoms. The van der Waals surface area contributed by atoms with Crippen LogP contribution in [-0.2, 0) is 5.33 Å². The summed E-state index contributed by atoms with van der Waals surface area (Å²) in [5, 5.41) is 9.32. The summed E-state index contributed by atoms with van der Waals surface area (Å²) in [5.41, 5.74) is 2.36. The fourth-order valence-corrected chi connectivity index (χ4v) is 1.45. The number of nitriles is 1. The van der Waals surface area contributed by atoms with Crippen LogP contribution in [0.2, 0.25) is 0 Å². The lowest BCUT2D eigenvalue weighted by Crippen LogP contribution is -1.80. The van der Waals surface area contributed by atoms with E-state index in [9.17, 15) is 0 Å². The van der Waals surface area contributed by atoms with Crippen LogP contribution in [0.1, 0.15) is 11.3 Å². The molecule has 2 aromatic rings. The summed E-state index contributed by atoms with van der Waals surface area (Å²) in [6.45, 7) is 0. The first kappa shape index (κ1) is 9.94. The maximum atomic E-state index is 8.65. The maximum absolute atomic E-state index is 8.65. The smallest absolute Gasteiger partial charge is 0.226 e. The van der Waals surface area contributed by atoms with Gasteiger partial charge in [0.25, 0.3) is 0 Å². The maximum Gasteiger partial charge on any atom is 0.226 e. The minimum Gasteiger partial charge on any atom is -0.444 e. The molecule has 0 saturated heterocycles. The van der Waals surface area contributed by atoms with Crippen molar-refractivity contribution in [3.05, 3.63) is 41.8 Å². The van der Waals surface area contributed by atoms with Crippen molar-refractivity contribution in [1.82, 2.24) is 4.98 Å². The molecule has 0 spiro atoms. The molecule has 3 nitrogen and oxygen atoms in total. The summed E-state index contributed by atoms with van der Waals surface area (Å²) >= 11 is 3.30.